The van der Waals surface area contributed by atoms with Gasteiger partial charge in [0, 0.05) is 18.8 Å². The Kier molecular flexibility index (Phi) is 5.69. The minimum absolute atomic E-state index is 0.0524. The molecule has 25 heavy (non-hydrogen) atoms. The number of carbonyl (C=O) groups is 1. The topological polar surface area (TPSA) is 32.3 Å². The second-order valence-corrected chi connectivity index (χ2v) is 6.73. The van der Waals surface area contributed by atoms with Crippen LogP contribution in [0.3, 0.4) is 0 Å². The molecule has 1 amide bonds. The summed E-state index contributed by atoms with van der Waals surface area (Å²) in [7, 11) is 0. The van der Waals surface area contributed by atoms with Gasteiger partial charge >= 0.3 is 0 Å². The summed E-state index contributed by atoms with van der Waals surface area (Å²) in [6, 6.07) is 14.5. The third-order valence-electron chi connectivity index (χ3n) is 4.77. The largest absolute Gasteiger partial charge is 0.372 e. The predicted octanol–water partition coefficient (Wildman–Crippen LogP) is 4.24. The lowest BCUT2D eigenvalue weighted by Crippen LogP contribution is -2.30. The van der Waals surface area contributed by atoms with E-state index >= 15 is 0 Å². The minimum atomic E-state index is -0.286. The highest BCUT2D eigenvalue weighted by Gasteiger charge is 2.13. The van der Waals surface area contributed by atoms with E-state index in [2.05, 4.69) is 34.5 Å². The van der Waals surface area contributed by atoms with Gasteiger partial charge in [0.25, 0.3) is 0 Å². The van der Waals surface area contributed by atoms with Crippen LogP contribution in [0.25, 0.3) is 0 Å². The van der Waals surface area contributed by atoms with Crippen molar-refractivity contribution in [3.8, 4) is 0 Å². The number of rotatable bonds is 5. The lowest BCUT2D eigenvalue weighted by Gasteiger charge is -2.29. The van der Waals surface area contributed by atoms with Crippen LogP contribution in [0.4, 0.5) is 10.1 Å². The quantitative estimate of drug-likeness (QED) is 0.883. The van der Waals surface area contributed by atoms with E-state index in [4.69, 9.17) is 0 Å². The Hall–Kier alpha value is -2.36. The Balaban J connectivity index is 1.55. The van der Waals surface area contributed by atoms with Gasteiger partial charge < -0.3 is 10.2 Å². The summed E-state index contributed by atoms with van der Waals surface area (Å²) in [5, 5.41) is 3.01. The molecule has 3 rings (SSSR count). The molecule has 1 N–H and O–H groups in total. The number of piperidine rings is 1. The van der Waals surface area contributed by atoms with Gasteiger partial charge in [-0.15, -0.1) is 0 Å². The predicted molar refractivity (Wildman–Crippen MR) is 99.2 cm³/mol. The van der Waals surface area contributed by atoms with Gasteiger partial charge in [-0.2, -0.15) is 0 Å². The molecule has 1 aliphatic rings. The van der Waals surface area contributed by atoms with E-state index in [-0.39, 0.29) is 24.2 Å². The summed E-state index contributed by atoms with van der Waals surface area (Å²) in [4.78, 5) is 14.6. The summed E-state index contributed by atoms with van der Waals surface area (Å²) in [5.74, 6) is -0.342. The third-order valence-corrected chi connectivity index (χ3v) is 4.77. The maximum Gasteiger partial charge on any atom is 0.224 e. The summed E-state index contributed by atoms with van der Waals surface area (Å²) >= 11 is 0. The molecular formula is C21H25FN2O. The van der Waals surface area contributed by atoms with Crippen LogP contribution in [0, 0.1) is 5.82 Å². The van der Waals surface area contributed by atoms with Crippen molar-refractivity contribution < 1.29 is 9.18 Å². The summed E-state index contributed by atoms with van der Waals surface area (Å²) < 4.78 is 12.9. The van der Waals surface area contributed by atoms with Crippen LogP contribution in [0.15, 0.2) is 48.5 Å². The van der Waals surface area contributed by atoms with Crippen LogP contribution in [0.1, 0.15) is 43.4 Å². The van der Waals surface area contributed by atoms with E-state index in [1.807, 2.05) is 6.92 Å². The smallest absolute Gasteiger partial charge is 0.224 e. The van der Waals surface area contributed by atoms with Crippen LogP contribution in [0.5, 0.6) is 0 Å². The zero-order chi connectivity index (χ0) is 17.6. The van der Waals surface area contributed by atoms with Crippen molar-refractivity contribution in [2.24, 2.45) is 0 Å². The molecule has 1 aliphatic heterocycles. The SMILES string of the molecule is C[C@H](NC(=O)Cc1ccc(F)cc1)c1ccc(N2CCCCC2)cc1. The Morgan fingerprint density at radius 2 is 1.68 bits per heavy atom. The number of nitrogens with zero attached hydrogens (tertiary/aromatic N) is 1. The minimum Gasteiger partial charge on any atom is -0.372 e. The fourth-order valence-electron chi connectivity index (χ4n) is 3.29. The van der Waals surface area contributed by atoms with E-state index in [9.17, 15) is 9.18 Å². The van der Waals surface area contributed by atoms with Gasteiger partial charge in [0.05, 0.1) is 12.5 Å². The molecule has 3 nitrogen and oxygen atoms in total. The van der Waals surface area contributed by atoms with Gasteiger partial charge in [0.15, 0.2) is 0 Å². The van der Waals surface area contributed by atoms with Gasteiger partial charge in [-0.1, -0.05) is 24.3 Å². The number of hydrogen-bond acceptors (Lipinski definition) is 2. The molecule has 0 bridgehead atoms. The standard InChI is InChI=1S/C21H25FN2O/c1-16(23-21(25)15-17-5-9-19(22)10-6-17)18-7-11-20(12-8-18)24-13-3-2-4-14-24/h5-12,16H,2-4,13-15H2,1H3,(H,23,25)/t16-/m0/s1. The third kappa shape index (κ3) is 4.81. The van der Waals surface area contributed by atoms with Gasteiger partial charge in [-0.3, -0.25) is 4.79 Å². The summed E-state index contributed by atoms with van der Waals surface area (Å²) in [5.41, 5.74) is 3.16. The van der Waals surface area contributed by atoms with E-state index in [1.165, 1.54) is 37.1 Å². The molecule has 0 saturated carbocycles. The molecular weight excluding hydrogens is 315 g/mol. The molecule has 2 aromatic rings. The highest BCUT2D eigenvalue weighted by atomic mass is 19.1. The first-order valence-electron chi connectivity index (χ1n) is 9.00. The molecule has 2 aromatic carbocycles. The van der Waals surface area contributed by atoms with Crippen LogP contribution in [-0.2, 0) is 11.2 Å². The number of halogens is 1. The molecule has 1 fully saturated rings. The van der Waals surface area contributed by atoms with Gasteiger partial charge in [-0.25, -0.2) is 4.39 Å². The number of anilines is 1. The van der Waals surface area contributed by atoms with Crippen molar-refractivity contribution in [1.82, 2.24) is 5.32 Å². The Morgan fingerprint density at radius 3 is 2.32 bits per heavy atom. The zero-order valence-electron chi connectivity index (χ0n) is 14.7. The molecule has 0 aliphatic carbocycles. The maximum absolute atomic E-state index is 12.9. The monoisotopic (exact) mass is 340 g/mol. The first-order chi connectivity index (χ1) is 12.1. The molecule has 4 heteroatoms. The first-order valence-corrected chi connectivity index (χ1v) is 9.00. The van der Waals surface area contributed by atoms with E-state index in [0.717, 1.165) is 24.2 Å². The fraction of sp³-hybridized carbons (Fsp3) is 0.381. The zero-order valence-corrected chi connectivity index (χ0v) is 14.7. The number of benzene rings is 2. The highest BCUT2D eigenvalue weighted by molar-refractivity contribution is 5.79. The molecule has 1 atom stereocenters. The van der Waals surface area contributed by atoms with Crippen LogP contribution in [0.2, 0.25) is 0 Å². The lowest BCUT2D eigenvalue weighted by molar-refractivity contribution is -0.121. The van der Waals surface area contributed by atoms with Gasteiger partial charge in [-0.05, 0) is 61.6 Å². The van der Waals surface area contributed by atoms with Crippen molar-refractivity contribution in [3.05, 3.63) is 65.5 Å². The van der Waals surface area contributed by atoms with E-state index in [1.54, 1.807) is 12.1 Å². The first kappa shape index (κ1) is 17.5. The van der Waals surface area contributed by atoms with Crippen LogP contribution in [-0.4, -0.2) is 19.0 Å². The number of nitrogens with one attached hydrogen (secondary N) is 1. The Bertz CT molecular complexity index is 691. The maximum atomic E-state index is 12.9. The molecule has 1 heterocycles. The number of amides is 1. The summed E-state index contributed by atoms with van der Waals surface area (Å²) in [6.45, 7) is 4.24. The normalized spacial score (nSPS) is 15.7. The van der Waals surface area contributed by atoms with Gasteiger partial charge in [0.2, 0.25) is 5.91 Å². The fourth-order valence-corrected chi connectivity index (χ4v) is 3.29. The van der Waals surface area contributed by atoms with Crippen LogP contribution < -0.4 is 10.2 Å². The molecule has 0 unspecified atom stereocenters. The Morgan fingerprint density at radius 1 is 1.04 bits per heavy atom. The Labute approximate surface area is 148 Å². The number of carbonyl (C=O) groups excluding carboxylic acids is 1. The lowest BCUT2D eigenvalue weighted by atomic mass is 10.1. The van der Waals surface area contributed by atoms with Crippen molar-refractivity contribution in [2.75, 3.05) is 18.0 Å². The van der Waals surface area contributed by atoms with Crippen molar-refractivity contribution >= 4 is 11.6 Å². The average Bonchev–Trinajstić information content (AvgIpc) is 2.64. The second-order valence-electron chi connectivity index (χ2n) is 6.73. The highest BCUT2D eigenvalue weighted by Crippen LogP contribution is 2.22. The van der Waals surface area contributed by atoms with E-state index in [0.29, 0.717) is 0 Å². The molecule has 0 spiro atoms. The van der Waals surface area contributed by atoms with E-state index < -0.39 is 0 Å². The molecule has 0 aromatic heterocycles. The number of hydrogen-bond donors (Lipinski definition) is 1. The molecule has 132 valence electrons. The average molecular weight is 340 g/mol. The molecule has 1 saturated heterocycles. The van der Waals surface area contributed by atoms with Crippen molar-refractivity contribution in [3.63, 3.8) is 0 Å². The van der Waals surface area contributed by atoms with Crippen LogP contribution >= 0.6 is 0 Å². The van der Waals surface area contributed by atoms with Crippen molar-refractivity contribution in [2.45, 2.75) is 38.6 Å². The summed E-state index contributed by atoms with van der Waals surface area (Å²) in [6.07, 6.45) is 4.11. The molecule has 0 radical (unpaired) electrons. The van der Waals surface area contributed by atoms with Crippen molar-refractivity contribution in [1.29, 1.82) is 0 Å². The van der Waals surface area contributed by atoms with Gasteiger partial charge in [0.1, 0.15) is 5.82 Å². The second kappa shape index (κ2) is 8.15.